The van der Waals surface area contributed by atoms with E-state index in [-0.39, 0.29) is 12.0 Å². The van der Waals surface area contributed by atoms with Crippen LogP contribution in [-0.4, -0.2) is 10.6 Å². The van der Waals surface area contributed by atoms with E-state index in [2.05, 4.69) is 179 Å². The molecule has 2 atom stereocenters. The second-order valence-electron chi connectivity index (χ2n) is 11.7. The van der Waals surface area contributed by atoms with E-state index in [9.17, 15) is 0 Å². The normalized spacial score (nSPS) is 16.5. The third-order valence-corrected chi connectivity index (χ3v) is 9.37. The van der Waals surface area contributed by atoms with Crippen LogP contribution in [0, 0.1) is 0 Å². The summed E-state index contributed by atoms with van der Waals surface area (Å²) in [5.41, 5.74) is 14.0. The first-order valence-corrected chi connectivity index (χ1v) is 15.4. The molecule has 0 amide bonds. The highest BCUT2D eigenvalue weighted by atomic mass is 15.2. The maximum Gasteiger partial charge on any atom is 0.0637 e. The molecule has 208 valence electrons. The number of fused-ring (bicyclic) bond motifs is 7. The van der Waals surface area contributed by atoms with Crippen LogP contribution in [0.2, 0.25) is 0 Å². The maximum absolute atomic E-state index is 2.52. The minimum atomic E-state index is 0.221. The number of aromatic nitrogens is 1. The second-order valence-corrected chi connectivity index (χ2v) is 11.7. The molecule has 0 radical (unpaired) electrons. The van der Waals surface area contributed by atoms with Gasteiger partial charge in [-0.1, -0.05) is 127 Å². The van der Waals surface area contributed by atoms with Crippen molar-refractivity contribution in [2.75, 3.05) is 4.90 Å². The van der Waals surface area contributed by atoms with Crippen LogP contribution >= 0.6 is 0 Å². The van der Waals surface area contributed by atoms with Gasteiger partial charge in [0.25, 0.3) is 0 Å². The summed E-state index contributed by atoms with van der Waals surface area (Å²) in [4.78, 5) is 2.52. The molecule has 2 nitrogen and oxygen atoms in total. The number of nitrogens with zero attached hydrogens (tertiary/aromatic N) is 2. The van der Waals surface area contributed by atoms with Gasteiger partial charge >= 0.3 is 0 Å². The second kappa shape index (κ2) is 10.00. The van der Waals surface area contributed by atoms with E-state index in [0.29, 0.717) is 0 Å². The van der Waals surface area contributed by atoms with Gasteiger partial charge in [-0.25, -0.2) is 0 Å². The number of hydrogen-bond acceptors (Lipinski definition) is 1. The third-order valence-electron chi connectivity index (χ3n) is 9.37. The quantitative estimate of drug-likeness (QED) is 0.207. The summed E-state index contributed by atoms with van der Waals surface area (Å²) in [6, 6.07) is 57.4. The van der Waals surface area contributed by atoms with Crippen LogP contribution < -0.4 is 4.90 Å². The molecule has 1 aliphatic heterocycles. The van der Waals surface area contributed by atoms with Crippen molar-refractivity contribution in [3.8, 4) is 27.9 Å². The monoisotopic (exact) mass is 562 g/mol. The maximum atomic E-state index is 2.52. The number of hydrogen-bond donors (Lipinski definition) is 0. The summed E-state index contributed by atoms with van der Waals surface area (Å²) >= 11 is 0. The molecule has 7 aromatic rings. The summed E-state index contributed by atoms with van der Waals surface area (Å²) < 4.78 is 2.46. The first kappa shape index (κ1) is 24.9. The summed E-state index contributed by atoms with van der Waals surface area (Å²) in [6.45, 7) is 0. The summed E-state index contributed by atoms with van der Waals surface area (Å²) in [6.07, 6.45) is 4.77. The van der Waals surface area contributed by atoms with Gasteiger partial charge in [-0.15, -0.1) is 0 Å². The molecular weight excluding hydrogens is 532 g/mol. The van der Waals surface area contributed by atoms with Crippen molar-refractivity contribution in [1.82, 2.24) is 4.57 Å². The highest BCUT2D eigenvalue weighted by molar-refractivity contribution is 5.94. The topological polar surface area (TPSA) is 8.17 Å². The Morgan fingerprint density at radius 3 is 1.86 bits per heavy atom. The molecule has 0 bridgehead atoms. The van der Waals surface area contributed by atoms with Crippen LogP contribution in [0.25, 0.3) is 44.9 Å². The van der Waals surface area contributed by atoms with Crippen LogP contribution in [-0.2, 0) is 0 Å². The molecule has 2 unspecified atom stereocenters. The van der Waals surface area contributed by atoms with Crippen LogP contribution in [0.4, 0.5) is 11.4 Å². The van der Waals surface area contributed by atoms with Gasteiger partial charge in [0.2, 0.25) is 0 Å². The fourth-order valence-electron chi connectivity index (χ4n) is 7.52. The smallest absolute Gasteiger partial charge is 0.0637 e. The SMILES string of the molecule is C1=CC2C(c3ccccc3N2c2ccccc2)c2c1n(-c1ccc(-c3ccccc3-c3ccccc3)cc1)c1ccccc21. The fourth-order valence-corrected chi connectivity index (χ4v) is 7.52. The van der Waals surface area contributed by atoms with E-state index >= 15 is 0 Å². The summed E-state index contributed by atoms with van der Waals surface area (Å²) in [5, 5.41) is 1.32. The minimum Gasteiger partial charge on any atom is -0.333 e. The predicted octanol–water partition coefficient (Wildman–Crippen LogP) is 10.6. The lowest BCUT2D eigenvalue weighted by Crippen LogP contribution is -2.30. The number of anilines is 2. The van der Waals surface area contributed by atoms with Gasteiger partial charge in [-0.05, 0) is 75.9 Å². The highest BCUT2D eigenvalue weighted by Crippen LogP contribution is 2.53. The Kier molecular flexibility index (Phi) is 5.67. The van der Waals surface area contributed by atoms with Gasteiger partial charge in [0.1, 0.15) is 0 Å². The molecule has 0 N–H and O–H groups in total. The highest BCUT2D eigenvalue weighted by Gasteiger charge is 2.43. The van der Waals surface area contributed by atoms with Crippen LogP contribution in [0.3, 0.4) is 0 Å². The molecule has 1 aromatic heterocycles. The largest absolute Gasteiger partial charge is 0.333 e. The average molecular weight is 563 g/mol. The van der Waals surface area contributed by atoms with Crippen molar-refractivity contribution in [3.05, 3.63) is 181 Å². The standard InChI is InChI=1S/C42H30N2/c1-3-13-29(14-4-1)33-17-7-8-18-34(33)30-23-25-32(26-24-30)44-38-22-12-10-20-36(38)42-40(44)28-27-39-41(42)35-19-9-11-21-37(35)43(39)31-15-5-2-6-16-31/h1-28,39,41H. The minimum absolute atomic E-state index is 0.221. The average Bonchev–Trinajstić information content (AvgIpc) is 3.62. The van der Waals surface area contributed by atoms with E-state index in [1.165, 1.54) is 67.0 Å². The Hall–Kier alpha value is -5.60. The lowest BCUT2D eigenvalue weighted by atomic mass is 9.82. The van der Waals surface area contributed by atoms with Gasteiger partial charge in [-0.2, -0.15) is 0 Å². The van der Waals surface area contributed by atoms with E-state index in [0.717, 1.165) is 0 Å². The molecule has 9 rings (SSSR count). The molecule has 0 saturated heterocycles. The molecule has 0 fully saturated rings. The van der Waals surface area contributed by atoms with Crippen LogP contribution in [0.15, 0.2) is 164 Å². The van der Waals surface area contributed by atoms with Crippen molar-refractivity contribution < 1.29 is 0 Å². The Balaban J connectivity index is 1.19. The Bertz CT molecular complexity index is 2170. The van der Waals surface area contributed by atoms with Gasteiger partial charge in [-0.3, -0.25) is 0 Å². The van der Waals surface area contributed by atoms with E-state index < -0.39 is 0 Å². The molecule has 2 heterocycles. The van der Waals surface area contributed by atoms with Crippen molar-refractivity contribution in [3.63, 3.8) is 0 Å². The zero-order valence-electron chi connectivity index (χ0n) is 24.2. The van der Waals surface area contributed by atoms with Crippen LogP contribution in [0.1, 0.15) is 22.7 Å². The van der Waals surface area contributed by atoms with Crippen LogP contribution in [0.5, 0.6) is 0 Å². The Morgan fingerprint density at radius 2 is 1.09 bits per heavy atom. The zero-order chi connectivity index (χ0) is 29.0. The fraction of sp³-hybridized carbons (Fsp3) is 0.0476. The van der Waals surface area contributed by atoms with Crippen molar-refractivity contribution >= 4 is 28.4 Å². The van der Waals surface area contributed by atoms with Gasteiger partial charge < -0.3 is 9.47 Å². The summed E-state index contributed by atoms with van der Waals surface area (Å²) in [7, 11) is 0. The molecule has 1 aliphatic carbocycles. The number of para-hydroxylation sites is 3. The molecule has 44 heavy (non-hydrogen) atoms. The van der Waals surface area contributed by atoms with Gasteiger partial charge in [0.05, 0.1) is 17.3 Å². The van der Waals surface area contributed by atoms with Gasteiger partial charge in [0, 0.05) is 28.4 Å². The molecule has 2 heteroatoms. The first-order valence-electron chi connectivity index (χ1n) is 15.4. The number of rotatable bonds is 4. The van der Waals surface area contributed by atoms with Crippen molar-refractivity contribution in [1.29, 1.82) is 0 Å². The third kappa shape index (κ3) is 3.74. The lowest BCUT2D eigenvalue weighted by Gasteiger charge is -2.31. The van der Waals surface area contributed by atoms with Crippen molar-refractivity contribution in [2.45, 2.75) is 12.0 Å². The Morgan fingerprint density at radius 1 is 0.477 bits per heavy atom. The van der Waals surface area contributed by atoms with E-state index in [4.69, 9.17) is 0 Å². The first-order chi connectivity index (χ1) is 21.9. The Labute approximate surface area is 257 Å². The molecular formula is C42H30N2. The predicted molar refractivity (Wildman–Crippen MR) is 184 cm³/mol. The lowest BCUT2D eigenvalue weighted by molar-refractivity contribution is 0.725. The molecule has 0 saturated carbocycles. The number of benzene rings is 6. The molecule has 0 spiro atoms. The summed E-state index contributed by atoms with van der Waals surface area (Å²) in [5.74, 6) is 0.245. The van der Waals surface area contributed by atoms with E-state index in [1.54, 1.807) is 0 Å². The van der Waals surface area contributed by atoms with Crippen molar-refractivity contribution in [2.24, 2.45) is 0 Å². The zero-order valence-corrected chi connectivity index (χ0v) is 24.2. The van der Waals surface area contributed by atoms with E-state index in [1.807, 2.05) is 0 Å². The van der Waals surface area contributed by atoms with Gasteiger partial charge in [0.15, 0.2) is 0 Å². The molecule has 6 aromatic carbocycles. The molecule has 2 aliphatic rings.